The first kappa shape index (κ1) is 15.3. The van der Waals surface area contributed by atoms with Crippen LogP contribution in [0.4, 0.5) is 10.5 Å². The van der Waals surface area contributed by atoms with Gasteiger partial charge in [-0.3, -0.25) is 4.79 Å². The van der Waals surface area contributed by atoms with Gasteiger partial charge >= 0.3 is 12.0 Å². The molecule has 104 valence electrons. The number of ether oxygens (including phenoxy) is 1. The van der Waals surface area contributed by atoms with Gasteiger partial charge in [-0.25, -0.2) is 4.79 Å². The predicted molar refractivity (Wildman–Crippen MR) is 74.6 cm³/mol. The highest BCUT2D eigenvalue weighted by Crippen LogP contribution is 2.19. The summed E-state index contributed by atoms with van der Waals surface area (Å²) >= 11 is 5.46. The summed E-state index contributed by atoms with van der Waals surface area (Å²) < 4.78 is 4.67. The van der Waals surface area contributed by atoms with Crippen molar-refractivity contribution in [2.75, 3.05) is 24.9 Å². The molecule has 0 aliphatic rings. The smallest absolute Gasteiger partial charge is 0.319 e. The monoisotopic (exact) mass is 284 g/mol. The summed E-state index contributed by atoms with van der Waals surface area (Å²) in [5.74, 6) is -0.257. The highest BCUT2D eigenvalue weighted by molar-refractivity contribution is 6.18. The van der Waals surface area contributed by atoms with E-state index < -0.39 is 0 Å². The van der Waals surface area contributed by atoms with Gasteiger partial charge in [-0.15, -0.1) is 11.6 Å². The van der Waals surface area contributed by atoms with E-state index in [1.165, 1.54) is 7.11 Å². The predicted octanol–water partition coefficient (Wildman–Crippen LogP) is 2.32. The van der Waals surface area contributed by atoms with E-state index in [0.29, 0.717) is 18.1 Å². The average molecular weight is 285 g/mol. The Bertz CT molecular complexity index is 434. The Morgan fingerprint density at radius 1 is 1.32 bits per heavy atom. The number of urea groups is 1. The zero-order valence-corrected chi connectivity index (χ0v) is 11.7. The molecule has 2 amide bonds. The fourth-order valence-corrected chi connectivity index (χ4v) is 1.60. The van der Waals surface area contributed by atoms with Gasteiger partial charge in [0.15, 0.2) is 0 Å². The van der Waals surface area contributed by atoms with E-state index in [2.05, 4.69) is 15.4 Å². The molecule has 19 heavy (non-hydrogen) atoms. The van der Waals surface area contributed by atoms with Gasteiger partial charge in [0.25, 0.3) is 0 Å². The fraction of sp³-hybridized carbons (Fsp3) is 0.385. The second-order valence-electron chi connectivity index (χ2n) is 3.94. The number of anilines is 1. The number of carbonyl (C=O) groups is 2. The standard InChI is InChI=1S/C13H17ClN2O3/c1-9(12(17)19-2)10-3-5-11(6-4-10)16-13(18)15-8-7-14/h3-6,9H,7-8H2,1-2H3,(H2,15,16,18)/t9-/m1/s1. The molecule has 0 heterocycles. The van der Waals surface area contributed by atoms with Crippen LogP contribution in [0.25, 0.3) is 0 Å². The Balaban J connectivity index is 2.61. The number of nitrogens with one attached hydrogen (secondary N) is 2. The number of hydrogen-bond donors (Lipinski definition) is 2. The molecular formula is C13H17ClN2O3. The Morgan fingerprint density at radius 2 is 1.95 bits per heavy atom. The van der Waals surface area contributed by atoms with Gasteiger partial charge in [0.1, 0.15) is 0 Å². The van der Waals surface area contributed by atoms with Crippen molar-refractivity contribution in [3.8, 4) is 0 Å². The van der Waals surface area contributed by atoms with Crippen molar-refractivity contribution in [3.63, 3.8) is 0 Å². The molecule has 2 N–H and O–H groups in total. The van der Waals surface area contributed by atoms with Crippen molar-refractivity contribution in [3.05, 3.63) is 29.8 Å². The molecule has 1 atom stereocenters. The Hall–Kier alpha value is -1.75. The zero-order valence-electron chi connectivity index (χ0n) is 10.9. The Morgan fingerprint density at radius 3 is 2.47 bits per heavy atom. The van der Waals surface area contributed by atoms with Crippen LogP contribution in [0.5, 0.6) is 0 Å². The summed E-state index contributed by atoms with van der Waals surface area (Å²) in [6.07, 6.45) is 0. The van der Waals surface area contributed by atoms with E-state index in [1.807, 2.05) is 0 Å². The molecule has 5 nitrogen and oxygen atoms in total. The third kappa shape index (κ3) is 4.79. The van der Waals surface area contributed by atoms with Crippen molar-refractivity contribution in [1.29, 1.82) is 0 Å². The van der Waals surface area contributed by atoms with Crippen LogP contribution in [0.3, 0.4) is 0 Å². The maximum absolute atomic E-state index is 11.4. The molecule has 0 aliphatic carbocycles. The molecular weight excluding hydrogens is 268 g/mol. The lowest BCUT2D eigenvalue weighted by molar-refractivity contribution is -0.141. The third-order valence-corrected chi connectivity index (χ3v) is 2.79. The minimum Gasteiger partial charge on any atom is -0.469 e. The van der Waals surface area contributed by atoms with E-state index in [-0.39, 0.29) is 17.9 Å². The van der Waals surface area contributed by atoms with E-state index in [4.69, 9.17) is 11.6 Å². The molecule has 0 unspecified atom stereocenters. The van der Waals surface area contributed by atoms with Gasteiger partial charge < -0.3 is 15.4 Å². The summed E-state index contributed by atoms with van der Waals surface area (Å²) in [4.78, 5) is 22.8. The van der Waals surface area contributed by atoms with Crippen molar-refractivity contribution in [2.45, 2.75) is 12.8 Å². The van der Waals surface area contributed by atoms with Crippen LogP contribution < -0.4 is 10.6 Å². The first-order chi connectivity index (χ1) is 9.08. The molecule has 0 bridgehead atoms. The number of alkyl halides is 1. The molecule has 0 radical (unpaired) electrons. The van der Waals surface area contributed by atoms with Gasteiger partial charge in [-0.05, 0) is 24.6 Å². The van der Waals surface area contributed by atoms with Crippen molar-refractivity contribution < 1.29 is 14.3 Å². The number of halogens is 1. The minimum absolute atomic E-state index is 0.291. The number of methoxy groups -OCH3 is 1. The number of amides is 2. The van der Waals surface area contributed by atoms with Crippen LogP contribution in [0.15, 0.2) is 24.3 Å². The van der Waals surface area contributed by atoms with Crippen LogP contribution in [0.1, 0.15) is 18.4 Å². The second kappa shape index (κ2) is 7.63. The average Bonchev–Trinajstić information content (AvgIpc) is 2.44. The number of esters is 1. The molecule has 0 fully saturated rings. The highest BCUT2D eigenvalue weighted by Gasteiger charge is 2.15. The summed E-state index contributed by atoms with van der Waals surface area (Å²) in [6.45, 7) is 2.17. The van der Waals surface area contributed by atoms with E-state index in [9.17, 15) is 9.59 Å². The lowest BCUT2D eigenvalue weighted by Gasteiger charge is -2.11. The lowest BCUT2D eigenvalue weighted by Crippen LogP contribution is -2.30. The van der Waals surface area contributed by atoms with Crippen molar-refractivity contribution >= 4 is 29.3 Å². The van der Waals surface area contributed by atoms with Gasteiger partial charge in [-0.2, -0.15) is 0 Å². The number of rotatable bonds is 5. The van der Waals surface area contributed by atoms with Crippen LogP contribution >= 0.6 is 11.6 Å². The maximum Gasteiger partial charge on any atom is 0.319 e. The Kier molecular flexibility index (Phi) is 6.15. The number of hydrogen-bond acceptors (Lipinski definition) is 3. The molecule has 0 saturated heterocycles. The van der Waals surface area contributed by atoms with Gasteiger partial charge in [0, 0.05) is 18.1 Å². The van der Waals surface area contributed by atoms with Crippen LogP contribution in [-0.2, 0) is 9.53 Å². The summed E-state index contributed by atoms with van der Waals surface area (Å²) in [5, 5.41) is 5.25. The van der Waals surface area contributed by atoms with E-state index >= 15 is 0 Å². The van der Waals surface area contributed by atoms with E-state index in [1.54, 1.807) is 31.2 Å². The first-order valence-corrected chi connectivity index (χ1v) is 6.40. The normalized spacial score (nSPS) is 11.5. The van der Waals surface area contributed by atoms with Crippen molar-refractivity contribution in [2.24, 2.45) is 0 Å². The highest BCUT2D eigenvalue weighted by atomic mass is 35.5. The first-order valence-electron chi connectivity index (χ1n) is 5.87. The summed E-state index contributed by atoms with van der Waals surface area (Å²) in [5.41, 5.74) is 1.48. The third-order valence-electron chi connectivity index (χ3n) is 2.60. The lowest BCUT2D eigenvalue weighted by atomic mass is 10.0. The SMILES string of the molecule is COC(=O)[C@H](C)c1ccc(NC(=O)NCCCl)cc1. The maximum atomic E-state index is 11.4. The molecule has 0 aliphatic heterocycles. The quantitative estimate of drug-likeness (QED) is 0.644. The number of carbonyl (C=O) groups excluding carboxylic acids is 2. The van der Waals surface area contributed by atoms with Crippen LogP contribution in [0.2, 0.25) is 0 Å². The molecule has 0 spiro atoms. The summed E-state index contributed by atoms with van der Waals surface area (Å²) in [6, 6.07) is 6.70. The Labute approximate surface area is 117 Å². The largest absolute Gasteiger partial charge is 0.469 e. The van der Waals surface area contributed by atoms with Crippen LogP contribution in [-0.4, -0.2) is 31.5 Å². The summed E-state index contributed by atoms with van der Waals surface area (Å²) in [7, 11) is 1.36. The van der Waals surface area contributed by atoms with Gasteiger partial charge in [-0.1, -0.05) is 12.1 Å². The van der Waals surface area contributed by atoms with Crippen molar-refractivity contribution in [1.82, 2.24) is 5.32 Å². The van der Waals surface area contributed by atoms with Gasteiger partial charge in [0.05, 0.1) is 13.0 Å². The molecule has 0 saturated carbocycles. The molecule has 1 aromatic rings. The molecule has 6 heteroatoms. The van der Waals surface area contributed by atoms with Gasteiger partial charge in [0.2, 0.25) is 0 Å². The number of benzene rings is 1. The molecule has 0 aromatic heterocycles. The fourth-order valence-electron chi connectivity index (χ4n) is 1.50. The second-order valence-corrected chi connectivity index (χ2v) is 4.31. The van der Waals surface area contributed by atoms with Crippen LogP contribution in [0, 0.1) is 0 Å². The zero-order chi connectivity index (χ0) is 14.3. The molecule has 1 aromatic carbocycles. The topological polar surface area (TPSA) is 67.4 Å². The molecule has 1 rings (SSSR count). The minimum atomic E-state index is -0.330. The van der Waals surface area contributed by atoms with E-state index in [0.717, 1.165) is 5.56 Å².